The van der Waals surface area contributed by atoms with Gasteiger partial charge in [-0.1, -0.05) is 6.92 Å². The highest BCUT2D eigenvalue weighted by Crippen LogP contribution is 1.93. The van der Waals surface area contributed by atoms with Crippen LogP contribution in [0.15, 0.2) is 0 Å². The number of methoxy groups -OCH3 is 1. The van der Waals surface area contributed by atoms with Gasteiger partial charge in [0.05, 0.1) is 0 Å². The summed E-state index contributed by atoms with van der Waals surface area (Å²) in [5, 5.41) is 8.21. The van der Waals surface area contributed by atoms with Crippen LogP contribution >= 0.6 is 0 Å². The minimum absolute atomic E-state index is 0.270. The van der Waals surface area contributed by atoms with Crippen molar-refractivity contribution in [2.45, 2.75) is 12.5 Å². The van der Waals surface area contributed by atoms with Crippen LogP contribution in [0.3, 0.4) is 0 Å². The van der Waals surface area contributed by atoms with Crippen LogP contribution in [0, 0.1) is 6.92 Å². The van der Waals surface area contributed by atoms with Gasteiger partial charge in [-0.3, -0.25) is 0 Å². The maximum Gasteiger partial charge on any atom is 0.332 e. The number of rotatable bonds is 3. The Bertz CT molecular complexity index is 75.7. The molecule has 1 atom stereocenters. The molecule has 0 aliphatic carbocycles. The van der Waals surface area contributed by atoms with Crippen LogP contribution in [0.4, 0.5) is 0 Å². The van der Waals surface area contributed by atoms with Crippen molar-refractivity contribution in [1.82, 2.24) is 0 Å². The zero-order valence-electron chi connectivity index (χ0n) is 4.76. The SMILES string of the molecule is [CH2]CC(OC)C(=O)O. The molecular weight excluding hydrogens is 108 g/mol. The van der Waals surface area contributed by atoms with Crippen molar-refractivity contribution in [1.29, 1.82) is 0 Å². The zero-order valence-corrected chi connectivity index (χ0v) is 4.76. The largest absolute Gasteiger partial charge is 0.479 e. The smallest absolute Gasteiger partial charge is 0.332 e. The molecule has 0 spiro atoms. The number of hydrogen-bond donors (Lipinski definition) is 1. The van der Waals surface area contributed by atoms with Gasteiger partial charge in [-0.15, -0.1) is 0 Å². The third-order valence-corrected chi connectivity index (χ3v) is 0.822. The van der Waals surface area contributed by atoms with Crippen molar-refractivity contribution in [2.24, 2.45) is 0 Å². The number of carbonyl (C=O) groups is 1. The van der Waals surface area contributed by atoms with Gasteiger partial charge in [0.1, 0.15) is 0 Å². The number of carboxylic acid groups (broad SMARTS) is 1. The number of hydrogen-bond acceptors (Lipinski definition) is 2. The second kappa shape index (κ2) is 3.43. The van der Waals surface area contributed by atoms with Gasteiger partial charge in [0, 0.05) is 7.11 Å². The lowest BCUT2D eigenvalue weighted by Gasteiger charge is -2.04. The Labute approximate surface area is 48.3 Å². The lowest BCUT2D eigenvalue weighted by Crippen LogP contribution is -2.20. The molecule has 0 aromatic rings. The predicted molar refractivity (Wildman–Crippen MR) is 28.4 cm³/mol. The maximum atomic E-state index is 10.00. The highest BCUT2D eigenvalue weighted by atomic mass is 16.5. The molecule has 0 amide bonds. The first-order chi connectivity index (χ1) is 3.72. The molecule has 0 fully saturated rings. The van der Waals surface area contributed by atoms with Crippen LogP contribution in [-0.4, -0.2) is 24.3 Å². The number of ether oxygens (including phenoxy) is 1. The first kappa shape index (κ1) is 7.43. The summed E-state index contributed by atoms with van der Waals surface area (Å²) in [5.41, 5.74) is 0. The van der Waals surface area contributed by atoms with Crippen LogP contribution in [0.25, 0.3) is 0 Å². The Kier molecular flexibility index (Phi) is 3.19. The van der Waals surface area contributed by atoms with Gasteiger partial charge < -0.3 is 9.84 Å². The molecule has 0 bridgehead atoms. The summed E-state index contributed by atoms with van der Waals surface area (Å²) in [6, 6.07) is 0. The van der Waals surface area contributed by atoms with E-state index in [9.17, 15) is 4.79 Å². The number of aliphatic carboxylic acids is 1. The molecule has 47 valence electrons. The molecule has 3 nitrogen and oxygen atoms in total. The van der Waals surface area contributed by atoms with E-state index in [-0.39, 0.29) is 6.42 Å². The molecule has 1 N–H and O–H groups in total. The van der Waals surface area contributed by atoms with E-state index in [0.717, 1.165) is 0 Å². The van der Waals surface area contributed by atoms with Gasteiger partial charge in [0.15, 0.2) is 6.10 Å². The van der Waals surface area contributed by atoms with E-state index in [1.807, 2.05) is 0 Å². The maximum absolute atomic E-state index is 10.00. The fourth-order valence-corrected chi connectivity index (χ4v) is 0.342. The Morgan fingerprint density at radius 2 is 2.50 bits per heavy atom. The van der Waals surface area contributed by atoms with Crippen molar-refractivity contribution in [3.8, 4) is 0 Å². The van der Waals surface area contributed by atoms with Gasteiger partial charge in [0.2, 0.25) is 0 Å². The molecule has 1 unspecified atom stereocenters. The van der Waals surface area contributed by atoms with Crippen molar-refractivity contribution in [3.63, 3.8) is 0 Å². The summed E-state index contributed by atoms with van der Waals surface area (Å²) in [6.07, 6.45) is -0.471. The van der Waals surface area contributed by atoms with E-state index in [2.05, 4.69) is 11.7 Å². The van der Waals surface area contributed by atoms with Crippen LogP contribution in [0.5, 0.6) is 0 Å². The van der Waals surface area contributed by atoms with Gasteiger partial charge >= 0.3 is 5.97 Å². The second-order valence-electron chi connectivity index (χ2n) is 1.35. The molecular formula is C5H9O3. The van der Waals surface area contributed by atoms with Crippen LogP contribution in [0.1, 0.15) is 6.42 Å². The molecule has 0 saturated carbocycles. The minimum Gasteiger partial charge on any atom is -0.479 e. The van der Waals surface area contributed by atoms with Gasteiger partial charge in [-0.25, -0.2) is 4.79 Å². The molecule has 0 saturated heterocycles. The monoisotopic (exact) mass is 117 g/mol. The highest BCUT2D eigenvalue weighted by Gasteiger charge is 2.11. The fourth-order valence-electron chi connectivity index (χ4n) is 0.342. The van der Waals surface area contributed by atoms with E-state index in [0.29, 0.717) is 0 Å². The molecule has 1 radical (unpaired) electrons. The highest BCUT2D eigenvalue weighted by molar-refractivity contribution is 5.72. The molecule has 0 aromatic heterocycles. The average molecular weight is 117 g/mol. The molecule has 8 heavy (non-hydrogen) atoms. The lowest BCUT2D eigenvalue weighted by molar-refractivity contribution is -0.148. The standard InChI is InChI=1S/C5H9O3/c1-3-4(8-2)5(6)7/h4H,1,3H2,2H3,(H,6,7). The summed E-state index contributed by atoms with van der Waals surface area (Å²) < 4.78 is 4.50. The second-order valence-corrected chi connectivity index (χ2v) is 1.35. The molecule has 0 aromatic carbocycles. The summed E-state index contributed by atoms with van der Waals surface area (Å²) in [4.78, 5) is 10.00. The Balaban J connectivity index is 3.52. The Morgan fingerprint density at radius 1 is 2.00 bits per heavy atom. The third kappa shape index (κ3) is 1.93. The normalized spacial score (nSPS) is 13.2. The first-order valence-electron chi connectivity index (χ1n) is 2.27. The van der Waals surface area contributed by atoms with E-state index >= 15 is 0 Å². The van der Waals surface area contributed by atoms with Gasteiger partial charge in [-0.2, -0.15) is 0 Å². The lowest BCUT2D eigenvalue weighted by atomic mass is 10.3. The zero-order chi connectivity index (χ0) is 6.57. The molecule has 0 aliphatic heterocycles. The predicted octanol–water partition coefficient (Wildman–Crippen LogP) is 0.310. The summed E-state index contributed by atoms with van der Waals surface area (Å²) in [5.74, 6) is -0.956. The third-order valence-electron chi connectivity index (χ3n) is 0.822. The molecule has 3 heteroatoms. The van der Waals surface area contributed by atoms with E-state index in [1.54, 1.807) is 0 Å². The van der Waals surface area contributed by atoms with Crippen LogP contribution < -0.4 is 0 Å². The first-order valence-corrected chi connectivity index (χ1v) is 2.27. The van der Waals surface area contributed by atoms with Crippen molar-refractivity contribution >= 4 is 5.97 Å². The summed E-state index contributed by atoms with van der Waals surface area (Å²) >= 11 is 0. The summed E-state index contributed by atoms with van der Waals surface area (Å²) in [6.45, 7) is 3.37. The van der Waals surface area contributed by atoms with Crippen molar-refractivity contribution in [2.75, 3.05) is 7.11 Å². The van der Waals surface area contributed by atoms with Gasteiger partial charge in [-0.05, 0) is 6.42 Å². The fraction of sp³-hybridized carbons (Fsp3) is 0.600. The van der Waals surface area contributed by atoms with E-state index in [4.69, 9.17) is 5.11 Å². The van der Waals surface area contributed by atoms with Crippen LogP contribution in [0.2, 0.25) is 0 Å². The van der Waals surface area contributed by atoms with Gasteiger partial charge in [0.25, 0.3) is 0 Å². The Morgan fingerprint density at radius 3 is 2.50 bits per heavy atom. The quantitative estimate of drug-likeness (QED) is 0.578. The Hall–Kier alpha value is -0.570. The van der Waals surface area contributed by atoms with Crippen molar-refractivity contribution < 1.29 is 14.6 Å². The molecule has 0 rings (SSSR count). The molecule has 0 heterocycles. The summed E-state index contributed by atoms with van der Waals surface area (Å²) in [7, 11) is 1.35. The average Bonchev–Trinajstić information content (AvgIpc) is 1.69. The van der Waals surface area contributed by atoms with E-state index in [1.165, 1.54) is 7.11 Å². The minimum atomic E-state index is -0.956. The van der Waals surface area contributed by atoms with Crippen molar-refractivity contribution in [3.05, 3.63) is 6.92 Å². The van der Waals surface area contributed by atoms with Crippen LogP contribution in [-0.2, 0) is 9.53 Å². The number of carboxylic acids is 1. The topological polar surface area (TPSA) is 46.5 Å². The molecule has 0 aliphatic rings. The van der Waals surface area contributed by atoms with E-state index < -0.39 is 12.1 Å².